The van der Waals surface area contributed by atoms with E-state index < -0.39 is 17.6 Å². The Balaban J connectivity index is 2.25. The topological polar surface area (TPSA) is 79.2 Å². The molecule has 5 nitrogen and oxygen atoms in total. The molecule has 0 unspecified atom stereocenters. The van der Waals surface area contributed by atoms with Gasteiger partial charge in [0.05, 0.1) is 23.7 Å². The van der Waals surface area contributed by atoms with Crippen LogP contribution in [0.2, 0.25) is 5.02 Å². The molecule has 0 fully saturated rings. The molecule has 0 radical (unpaired) electrons. The molecule has 0 bridgehead atoms. The Morgan fingerprint density at radius 1 is 1.43 bits per heavy atom. The second-order valence-corrected chi connectivity index (χ2v) is 6.05. The van der Waals surface area contributed by atoms with Gasteiger partial charge in [0.25, 0.3) is 0 Å². The lowest BCUT2D eigenvalue weighted by Crippen LogP contribution is -2.28. The molecule has 0 aliphatic heterocycles. The maximum atomic E-state index is 12.3. The van der Waals surface area contributed by atoms with E-state index in [1.165, 1.54) is 18.4 Å². The van der Waals surface area contributed by atoms with E-state index in [1.807, 2.05) is 0 Å². The van der Waals surface area contributed by atoms with Gasteiger partial charge in [0.15, 0.2) is 11.7 Å². The predicted molar refractivity (Wildman–Crippen MR) is 89.1 cm³/mol. The molecule has 1 aromatic carbocycles. The van der Waals surface area contributed by atoms with Crippen LogP contribution < -0.4 is 10.1 Å². The van der Waals surface area contributed by atoms with E-state index in [2.05, 4.69) is 5.32 Å². The predicted octanol–water partition coefficient (Wildman–Crippen LogP) is 3.68. The molecule has 0 aliphatic rings. The molecular weight excluding hydrogens is 336 g/mol. The van der Waals surface area contributed by atoms with Crippen LogP contribution >= 0.6 is 22.9 Å². The number of anilines is 1. The van der Waals surface area contributed by atoms with Crippen molar-refractivity contribution in [3.63, 3.8) is 0 Å². The molecule has 0 saturated heterocycles. The van der Waals surface area contributed by atoms with Crippen molar-refractivity contribution in [3.8, 4) is 11.8 Å². The van der Waals surface area contributed by atoms with Crippen molar-refractivity contribution < 1.29 is 14.3 Å². The Morgan fingerprint density at radius 2 is 2.17 bits per heavy atom. The molecule has 1 heterocycles. The van der Waals surface area contributed by atoms with E-state index in [0.29, 0.717) is 21.3 Å². The molecule has 2 rings (SSSR count). The molecule has 23 heavy (non-hydrogen) atoms. The zero-order chi connectivity index (χ0) is 17.0. The van der Waals surface area contributed by atoms with Gasteiger partial charge >= 0.3 is 0 Å². The van der Waals surface area contributed by atoms with Crippen molar-refractivity contribution in [2.45, 2.75) is 6.92 Å². The lowest BCUT2D eigenvalue weighted by Gasteiger charge is -2.13. The van der Waals surface area contributed by atoms with E-state index >= 15 is 0 Å². The number of aryl methyl sites for hydroxylation is 1. The number of nitriles is 1. The third-order valence-corrected chi connectivity index (χ3v) is 4.45. The van der Waals surface area contributed by atoms with Crippen LogP contribution in [0.1, 0.15) is 15.2 Å². The number of amides is 1. The zero-order valence-electron chi connectivity index (χ0n) is 12.4. The van der Waals surface area contributed by atoms with E-state index in [1.54, 1.807) is 42.6 Å². The largest absolute Gasteiger partial charge is 0.495 e. The van der Waals surface area contributed by atoms with E-state index in [0.717, 1.165) is 5.56 Å². The van der Waals surface area contributed by atoms with E-state index in [4.69, 9.17) is 16.3 Å². The molecule has 1 atom stereocenters. The lowest BCUT2D eigenvalue weighted by molar-refractivity contribution is -0.117. The average molecular weight is 349 g/mol. The fraction of sp³-hybridized carbons (Fsp3) is 0.188. The maximum absolute atomic E-state index is 12.3. The van der Waals surface area contributed by atoms with Crippen LogP contribution in [0.5, 0.6) is 5.75 Å². The van der Waals surface area contributed by atoms with Crippen LogP contribution in [0.4, 0.5) is 5.69 Å². The molecule has 0 aliphatic carbocycles. The van der Waals surface area contributed by atoms with Crippen LogP contribution in [-0.2, 0) is 4.79 Å². The average Bonchev–Trinajstić information content (AvgIpc) is 3.05. The SMILES string of the molecule is COc1cc(Cl)c(C)cc1NC(=O)[C@@H](C#N)C(=O)c1cccs1. The minimum atomic E-state index is -1.42. The molecule has 7 heteroatoms. The number of Topliss-reactive ketones (excluding diaryl/α,β-unsaturated/α-hetero) is 1. The number of carbonyl (C=O) groups is 2. The Kier molecular flexibility index (Phi) is 5.37. The molecule has 2 aromatic rings. The summed E-state index contributed by atoms with van der Waals surface area (Å²) in [6, 6.07) is 8.22. The normalized spacial score (nSPS) is 11.4. The van der Waals surface area contributed by atoms with Crippen molar-refractivity contribution in [1.82, 2.24) is 0 Å². The van der Waals surface area contributed by atoms with Crippen molar-refractivity contribution >= 4 is 40.3 Å². The lowest BCUT2D eigenvalue weighted by atomic mass is 10.0. The van der Waals surface area contributed by atoms with Gasteiger partial charge in [0.2, 0.25) is 5.91 Å². The summed E-state index contributed by atoms with van der Waals surface area (Å²) < 4.78 is 5.16. The highest BCUT2D eigenvalue weighted by molar-refractivity contribution is 7.12. The summed E-state index contributed by atoms with van der Waals surface area (Å²) in [5.74, 6) is -2.29. The van der Waals surface area contributed by atoms with Crippen molar-refractivity contribution in [3.05, 3.63) is 45.1 Å². The first-order valence-electron chi connectivity index (χ1n) is 6.60. The summed E-state index contributed by atoms with van der Waals surface area (Å²) in [5.41, 5.74) is 1.10. The third kappa shape index (κ3) is 3.70. The molecule has 1 amide bonds. The smallest absolute Gasteiger partial charge is 0.249 e. The summed E-state index contributed by atoms with van der Waals surface area (Å²) in [6.07, 6.45) is 0. The van der Waals surface area contributed by atoms with Gasteiger partial charge < -0.3 is 10.1 Å². The first kappa shape index (κ1) is 17.0. The van der Waals surface area contributed by atoms with Crippen molar-refractivity contribution in [2.24, 2.45) is 5.92 Å². The summed E-state index contributed by atoms with van der Waals surface area (Å²) in [7, 11) is 1.44. The molecule has 1 N–H and O–H groups in total. The van der Waals surface area contributed by atoms with Crippen LogP contribution in [0.3, 0.4) is 0 Å². The second kappa shape index (κ2) is 7.27. The highest BCUT2D eigenvalue weighted by Crippen LogP contribution is 2.31. The number of halogens is 1. The summed E-state index contributed by atoms with van der Waals surface area (Å²) >= 11 is 7.20. The first-order valence-corrected chi connectivity index (χ1v) is 7.86. The van der Waals surface area contributed by atoms with Gasteiger partial charge in [0.1, 0.15) is 5.75 Å². The van der Waals surface area contributed by atoms with Gasteiger partial charge in [-0.25, -0.2) is 0 Å². The fourth-order valence-corrected chi connectivity index (χ4v) is 2.78. The Hall–Kier alpha value is -2.36. The summed E-state index contributed by atoms with van der Waals surface area (Å²) in [6.45, 7) is 1.77. The van der Waals surface area contributed by atoms with E-state index in [-0.39, 0.29) is 0 Å². The van der Waals surface area contributed by atoms with Crippen LogP contribution in [0.25, 0.3) is 0 Å². The number of ether oxygens (including phenoxy) is 1. The summed E-state index contributed by atoms with van der Waals surface area (Å²) in [4.78, 5) is 24.9. The zero-order valence-corrected chi connectivity index (χ0v) is 14.0. The highest BCUT2D eigenvalue weighted by atomic mass is 35.5. The number of nitrogens with zero attached hydrogens (tertiary/aromatic N) is 1. The van der Waals surface area contributed by atoms with Crippen molar-refractivity contribution in [1.29, 1.82) is 5.26 Å². The number of carbonyl (C=O) groups excluding carboxylic acids is 2. The van der Waals surface area contributed by atoms with Crippen LogP contribution in [-0.4, -0.2) is 18.8 Å². The number of benzene rings is 1. The standard InChI is InChI=1S/C16H13ClN2O3S/c1-9-6-12(13(22-2)7-11(9)17)19-16(21)10(8-18)15(20)14-4-3-5-23-14/h3-7,10H,1-2H3,(H,19,21)/t10-/m0/s1. The number of nitrogens with one attached hydrogen (secondary N) is 1. The quantitative estimate of drug-likeness (QED) is 0.660. The molecule has 0 spiro atoms. The number of thiophene rings is 1. The van der Waals surface area contributed by atoms with Crippen LogP contribution in [0, 0.1) is 24.2 Å². The van der Waals surface area contributed by atoms with Gasteiger partial charge in [-0.15, -0.1) is 11.3 Å². The highest BCUT2D eigenvalue weighted by Gasteiger charge is 2.29. The Labute approximate surface area is 142 Å². The van der Waals surface area contributed by atoms with Crippen LogP contribution in [0.15, 0.2) is 29.6 Å². The molecule has 118 valence electrons. The third-order valence-electron chi connectivity index (χ3n) is 3.16. The van der Waals surface area contributed by atoms with Gasteiger partial charge in [-0.2, -0.15) is 5.26 Å². The Morgan fingerprint density at radius 3 is 2.74 bits per heavy atom. The maximum Gasteiger partial charge on any atom is 0.249 e. The van der Waals surface area contributed by atoms with Gasteiger partial charge in [-0.1, -0.05) is 17.7 Å². The molecular formula is C16H13ClN2O3S. The van der Waals surface area contributed by atoms with E-state index in [9.17, 15) is 14.9 Å². The number of methoxy groups -OCH3 is 1. The molecule has 1 aromatic heterocycles. The summed E-state index contributed by atoms with van der Waals surface area (Å²) in [5, 5.41) is 14.0. The van der Waals surface area contributed by atoms with Gasteiger partial charge in [-0.3, -0.25) is 9.59 Å². The minimum Gasteiger partial charge on any atom is -0.495 e. The second-order valence-electron chi connectivity index (χ2n) is 4.69. The van der Waals surface area contributed by atoms with Gasteiger partial charge in [0, 0.05) is 11.1 Å². The van der Waals surface area contributed by atoms with Gasteiger partial charge in [-0.05, 0) is 30.0 Å². The molecule has 0 saturated carbocycles. The minimum absolute atomic E-state index is 0.356. The number of rotatable bonds is 5. The number of hydrogen-bond donors (Lipinski definition) is 1. The van der Waals surface area contributed by atoms with Crippen molar-refractivity contribution in [2.75, 3.05) is 12.4 Å². The number of hydrogen-bond acceptors (Lipinski definition) is 5. The first-order chi connectivity index (χ1) is 11.0. The number of ketones is 1. The monoisotopic (exact) mass is 348 g/mol. The fourth-order valence-electron chi connectivity index (χ4n) is 1.93. The Bertz CT molecular complexity index is 781.